The van der Waals surface area contributed by atoms with Crippen LogP contribution in [0.25, 0.3) is 0 Å². The zero-order valence-electron chi connectivity index (χ0n) is 16.2. The number of fused-ring (bicyclic) bond motifs is 1. The molecule has 0 radical (unpaired) electrons. The fourth-order valence-corrected chi connectivity index (χ4v) is 3.78. The van der Waals surface area contributed by atoms with Crippen molar-refractivity contribution in [1.82, 2.24) is 0 Å². The van der Waals surface area contributed by atoms with E-state index < -0.39 is 11.8 Å². The Labute approximate surface area is 151 Å². The Morgan fingerprint density at radius 1 is 0.840 bits per heavy atom. The van der Waals surface area contributed by atoms with Gasteiger partial charge in [-0.25, -0.2) is 0 Å². The minimum atomic E-state index is -0.429. The van der Waals surface area contributed by atoms with E-state index >= 15 is 0 Å². The van der Waals surface area contributed by atoms with Crippen molar-refractivity contribution >= 4 is 11.9 Å². The Morgan fingerprint density at radius 3 is 1.56 bits per heavy atom. The molecule has 6 atom stereocenters. The van der Waals surface area contributed by atoms with Gasteiger partial charge in [-0.15, -0.1) is 0 Å². The highest BCUT2D eigenvalue weighted by Gasteiger charge is 2.54. The zero-order valence-corrected chi connectivity index (χ0v) is 16.2. The van der Waals surface area contributed by atoms with Gasteiger partial charge in [0.15, 0.2) is 0 Å². The molecule has 6 unspecified atom stereocenters. The van der Waals surface area contributed by atoms with Crippen molar-refractivity contribution in [2.24, 2.45) is 11.8 Å². The molecule has 0 aromatic carbocycles. The van der Waals surface area contributed by atoms with Gasteiger partial charge in [-0.1, -0.05) is 40.5 Å². The summed E-state index contributed by atoms with van der Waals surface area (Å²) in [5, 5.41) is 0. The highest BCUT2D eigenvalue weighted by molar-refractivity contribution is 5.83. The molecular weight excluding hydrogens is 320 g/mol. The summed E-state index contributed by atoms with van der Waals surface area (Å²) < 4.78 is 17.0. The lowest BCUT2D eigenvalue weighted by Crippen LogP contribution is -2.39. The highest BCUT2D eigenvalue weighted by atomic mass is 16.6. The minimum absolute atomic E-state index is 0.0597. The Kier molecular flexibility index (Phi) is 7.73. The summed E-state index contributed by atoms with van der Waals surface area (Å²) in [4.78, 5) is 25.4. The van der Waals surface area contributed by atoms with Crippen LogP contribution in [0, 0.1) is 11.8 Å². The van der Waals surface area contributed by atoms with Crippen LogP contribution >= 0.6 is 0 Å². The van der Waals surface area contributed by atoms with Crippen LogP contribution in [-0.4, -0.2) is 36.4 Å². The predicted molar refractivity (Wildman–Crippen MR) is 95.0 cm³/mol. The number of hydrogen-bond acceptors (Lipinski definition) is 5. The number of ether oxygens (including phenoxy) is 3. The first-order valence-electron chi connectivity index (χ1n) is 10.1. The molecule has 0 aromatic heterocycles. The highest BCUT2D eigenvalue weighted by Crippen LogP contribution is 2.44. The molecule has 1 saturated carbocycles. The summed E-state index contributed by atoms with van der Waals surface area (Å²) in [6.07, 6.45) is 6.56. The van der Waals surface area contributed by atoms with E-state index in [2.05, 4.69) is 13.8 Å². The molecule has 1 aliphatic heterocycles. The summed E-state index contributed by atoms with van der Waals surface area (Å²) >= 11 is 0. The Balaban J connectivity index is 2.00. The smallest absolute Gasteiger partial charge is 0.310 e. The molecule has 5 heteroatoms. The van der Waals surface area contributed by atoms with Crippen LogP contribution in [0.5, 0.6) is 0 Å². The average molecular weight is 354 g/mol. The molecule has 144 valence electrons. The van der Waals surface area contributed by atoms with Crippen molar-refractivity contribution in [3.05, 3.63) is 0 Å². The first kappa shape index (κ1) is 20.2. The summed E-state index contributed by atoms with van der Waals surface area (Å²) in [5.74, 6) is -1.36. The second-order valence-electron chi connectivity index (χ2n) is 7.41. The third-order valence-electron chi connectivity index (χ3n) is 5.45. The third-order valence-corrected chi connectivity index (χ3v) is 5.45. The molecule has 2 fully saturated rings. The van der Waals surface area contributed by atoms with Crippen LogP contribution < -0.4 is 0 Å². The molecule has 5 nitrogen and oxygen atoms in total. The van der Waals surface area contributed by atoms with Gasteiger partial charge in [0.2, 0.25) is 0 Å². The maximum absolute atomic E-state index is 12.7. The van der Waals surface area contributed by atoms with Gasteiger partial charge in [0, 0.05) is 0 Å². The number of rotatable bonds is 10. The summed E-state index contributed by atoms with van der Waals surface area (Å²) in [7, 11) is 0. The topological polar surface area (TPSA) is 65.1 Å². The molecule has 0 N–H and O–H groups in total. The fraction of sp³-hybridized carbons (Fsp3) is 0.900. The predicted octanol–water partition coefficient (Wildman–Crippen LogP) is 4.02. The van der Waals surface area contributed by atoms with E-state index in [-0.39, 0.29) is 36.4 Å². The molecule has 25 heavy (non-hydrogen) atoms. The standard InChI is InChI=1S/C20H34O5/c1-5-9-13(7-3)23-19(21)15-11-17-18(25-17)12-16(15)20(22)24-14(8-4)10-6-2/h13-18H,5-12H2,1-4H3. The van der Waals surface area contributed by atoms with Crippen LogP contribution in [0.15, 0.2) is 0 Å². The van der Waals surface area contributed by atoms with Crippen molar-refractivity contribution in [3.8, 4) is 0 Å². The molecule has 1 aliphatic carbocycles. The maximum Gasteiger partial charge on any atom is 0.310 e. The lowest BCUT2D eigenvalue weighted by molar-refractivity contribution is -0.168. The van der Waals surface area contributed by atoms with Crippen LogP contribution in [0.3, 0.4) is 0 Å². The number of carbonyl (C=O) groups is 2. The zero-order chi connectivity index (χ0) is 18.4. The van der Waals surface area contributed by atoms with Gasteiger partial charge >= 0.3 is 11.9 Å². The van der Waals surface area contributed by atoms with E-state index in [1.807, 2.05) is 13.8 Å². The fourth-order valence-electron chi connectivity index (χ4n) is 3.78. The molecule has 2 aliphatic rings. The second-order valence-corrected chi connectivity index (χ2v) is 7.41. The lowest BCUT2D eigenvalue weighted by Gasteiger charge is -2.29. The first-order chi connectivity index (χ1) is 12.0. The van der Waals surface area contributed by atoms with Crippen molar-refractivity contribution in [1.29, 1.82) is 0 Å². The van der Waals surface area contributed by atoms with Gasteiger partial charge in [-0.3, -0.25) is 9.59 Å². The second kappa shape index (κ2) is 9.56. The van der Waals surface area contributed by atoms with Crippen LogP contribution in [0.2, 0.25) is 0 Å². The van der Waals surface area contributed by atoms with Crippen LogP contribution in [-0.2, 0) is 23.8 Å². The summed E-state index contributed by atoms with van der Waals surface area (Å²) in [6.45, 7) is 8.21. The van der Waals surface area contributed by atoms with Gasteiger partial charge in [0.1, 0.15) is 12.2 Å². The average Bonchev–Trinajstić information content (AvgIpc) is 3.38. The minimum Gasteiger partial charge on any atom is -0.462 e. The van der Waals surface area contributed by atoms with E-state index in [9.17, 15) is 9.59 Å². The number of esters is 2. The number of carbonyl (C=O) groups excluding carboxylic acids is 2. The van der Waals surface area contributed by atoms with Crippen LogP contribution in [0.4, 0.5) is 0 Å². The largest absolute Gasteiger partial charge is 0.462 e. The summed E-state index contributed by atoms with van der Waals surface area (Å²) in [6, 6.07) is 0. The van der Waals surface area contributed by atoms with Gasteiger partial charge in [-0.05, 0) is 38.5 Å². The van der Waals surface area contributed by atoms with E-state index in [0.717, 1.165) is 38.5 Å². The van der Waals surface area contributed by atoms with Crippen molar-refractivity contribution in [2.45, 2.75) is 103 Å². The van der Waals surface area contributed by atoms with E-state index in [0.29, 0.717) is 12.8 Å². The van der Waals surface area contributed by atoms with E-state index in [1.165, 1.54) is 0 Å². The van der Waals surface area contributed by atoms with Gasteiger partial charge in [-0.2, -0.15) is 0 Å². The Morgan fingerprint density at radius 2 is 1.24 bits per heavy atom. The lowest BCUT2D eigenvalue weighted by atomic mass is 9.79. The monoisotopic (exact) mass is 354 g/mol. The first-order valence-corrected chi connectivity index (χ1v) is 10.1. The molecule has 1 saturated heterocycles. The van der Waals surface area contributed by atoms with Crippen molar-refractivity contribution in [3.63, 3.8) is 0 Å². The van der Waals surface area contributed by atoms with Crippen molar-refractivity contribution in [2.75, 3.05) is 0 Å². The van der Waals surface area contributed by atoms with Gasteiger partial charge in [0.05, 0.1) is 24.0 Å². The summed E-state index contributed by atoms with van der Waals surface area (Å²) in [5.41, 5.74) is 0. The molecule has 0 bridgehead atoms. The molecule has 0 amide bonds. The van der Waals surface area contributed by atoms with Crippen LogP contribution in [0.1, 0.15) is 79.1 Å². The van der Waals surface area contributed by atoms with E-state index in [1.54, 1.807) is 0 Å². The molecule has 0 aromatic rings. The van der Waals surface area contributed by atoms with E-state index in [4.69, 9.17) is 14.2 Å². The van der Waals surface area contributed by atoms with Gasteiger partial charge in [0.25, 0.3) is 0 Å². The third kappa shape index (κ3) is 5.44. The molecule has 0 spiro atoms. The SMILES string of the molecule is CCCC(CC)OC(=O)C1CC2OC2CC1C(=O)OC(CC)CCC. The molecule has 2 rings (SSSR count). The number of epoxide rings is 1. The quantitative estimate of drug-likeness (QED) is 0.438. The maximum atomic E-state index is 12.7. The molecular formula is C20H34O5. The Bertz CT molecular complexity index is 409. The Hall–Kier alpha value is -1.10. The molecule has 1 heterocycles. The van der Waals surface area contributed by atoms with Crippen molar-refractivity contribution < 1.29 is 23.8 Å². The normalized spacial score (nSPS) is 30.1. The number of hydrogen-bond donors (Lipinski definition) is 0. The van der Waals surface area contributed by atoms with Gasteiger partial charge < -0.3 is 14.2 Å².